The summed E-state index contributed by atoms with van der Waals surface area (Å²) in [6.07, 6.45) is 2.32. The summed E-state index contributed by atoms with van der Waals surface area (Å²) in [5.41, 5.74) is 1.40. The Morgan fingerprint density at radius 1 is 1.22 bits per heavy atom. The van der Waals surface area contributed by atoms with E-state index in [-0.39, 0.29) is 17.5 Å². The van der Waals surface area contributed by atoms with Gasteiger partial charge in [-0.1, -0.05) is 37.3 Å². The third kappa shape index (κ3) is 4.86. The van der Waals surface area contributed by atoms with E-state index >= 15 is 0 Å². The number of rotatable bonds is 6. The number of carbonyl (C=O) groups is 1. The molecule has 1 aliphatic heterocycles. The molecule has 1 atom stereocenters. The minimum atomic E-state index is -0.453. The van der Waals surface area contributed by atoms with Crippen LogP contribution in [0, 0.1) is 11.7 Å². The Morgan fingerprint density at radius 3 is 2.59 bits per heavy atom. The standard InChI is InChI=1S/C22H27FN2O2/c1-16-10-12-25(13-11-16)20(17-6-4-3-5-7-17)15-24-22(26)19-14-18(23)8-9-21(19)27-2/h3-9,14,16,20H,10-13,15H2,1-2H3,(H,24,26). The van der Waals surface area contributed by atoms with Gasteiger partial charge in [0.2, 0.25) is 0 Å². The molecule has 3 rings (SSSR count). The van der Waals surface area contributed by atoms with Gasteiger partial charge in [0.25, 0.3) is 5.91 Å². The fourth-order valence-corrected chi connectivity index (χ4v) is 3.62. The minimum absolute atomic E-state index is 0.0993. The summed E-state index contributed by atoms with van der Waals surface area (Å²) in [5, 5.41) is 2.98. The van der Waals surface area contributed by atoms with Crippen LogP contribution in [0.15, 0.2) is 48.5 Å². The van der Waals surface area contributed by atoms with Crippen molar-refractivity contribution in [3.05, 3.63) is 65.5 Å². The quantitative estimate of drug-likeness (QED) is 0.834. The maximum Gasteiger partial charge on any atom is 0.255 e. The molecule has 2 aromatic carbocycles. The van der Waals surface area contributed by atoms with Crippen LogP contribution in [0.5, 0.6) is 5.75 Å². The fourth-order valence-electron chi connectivity index (χ4n) is 3.62. The van der Waals surface area contributed by atoms with E-state index in [1.807, 2.05) is 18.2 Å². The SMILES string of the molecule is COc1ccc(F)cc1C(=O)NCC(c1ccccc1)N1CCC(C)CC1. The van der Waals surface area contributed by atoms with Crippen LogP contribution in [-0.2, 0) is 0 Å². The zero-order valence-electron chi connectivity index (χ0n) is 16.0. The van der Waals surface area contributed by atoms with Gasteiger partial charge in [0, 0.05) is 6.54 Å². The molecular weight excluding hydrogens is 343 g/mol. The number of hydrogen-bond donors (Lipinski definition) is 1. The summed E-state index contributed by atoms with van der Waals surface area (Å²) >= 11 is 0. The summed E-state index contributed by atoms with van der Waals surface area (Å²) in [4.78, 5) is 15.1. The van der Waals surface area contributed by atoms with E-state index in [1.54, 1.807) is 0 Å². The van der Waals surface area contributed by atoms with Crippen LogP contribution in [-0.4, -0.2) is 37.6 Å². The highest BCUT2D eigenvalue weighted by molar-refractivity contribution is 5.96. The van der Waals surface area contributed by atoms with E-state index < -0.39 is 5.82 Å². The fraction of sp³-hybridized carbons (Fsp3) is 0.409. The second-order valence-electron chi connectivity index (χ2n) is 7.20. The molecule has 144 valence electrons. The first kappa shape index (κ1) is 19.4. The van der Waals surface area contributed by atoms with Crippen molar-refractivity contribution >= 4 is 5.91 Å². The van der Waals surface area contributed by atoms with E-state index in [9.17, 15) is 9.18 Å². The largest absolute Gasteiger partial charge is 0.496 e. The first-order valence-corrected chi connectivity index (χ1v) is 9.49. The maximum atomic E-state index is 13.6. The summed E-state index contributed by atoms with van der Waals surface area (Å²) in [7, 11) is 1.48. The maximum absolute atomic E-state index is 13.6. The second kappa shape index (κ2) is 9.00. The predicted octanol–water partition coefficient (Wildman–Crippen LogP) is 4.04. The Balaban J connectivity index is 1.75. The lowest BCUT2D eigenvalue weighted by atomic mass is 9.95. The Bertz CT molecular complexity index is 758. The Hall–Kier alpha value is -2.40. The van der Waals surface area contributed by atoms with Crippen molar-refractivity contribution in [1.29, 1.82) is 0 Å². The van der Waals surface area contributed by atoms with Gasteiger partial charge >= 0.3 is 0 Å². The third-order valence-electron chi connectivity index (χ3n) is 5.31. The Kier molecular flexibility index (Phi) is 6.45. The van der Waals surface area contributed by atoms with Crippen molar-refractivity contribution in [2.45, 2.75) is 25.8 Å². The van der Waals surface area contributed by atoms with Gasteiger partial charge < -0.3 is 10.1 Å². The number of likely N-dealkylation sites (tertiary alicyclic amines) is 1. The van der Waals surface area contributed by atoms with Gasteiger partial charge in [0.15, 0.2) is 0 Å². The molecule has 1 N–H and O–H groups in total. The molecule has 1 unspecified atom stereocenters. The van der Waals surface area contributed by atoms with E-state index in [4.69, 9.17) is 4.74 Å². The molecule has 1 amide bonds. The molecule has 27 heavy (non-hydrogen) atoms. The molecular formula is C22H27FN2O2. The van der Waals surface area contributed by atoms with Gasteiger partial charge in [-0.05, 0) is 55.6 Å². The average Bonchev–Trinajstić information content (AvgIpc) is 2.70. The number of nitrogens with zero attached hydrogens (tertiary/aromatic N) is 1. The number of methoxy groups -OCH3 is 1. The molecule has 1 fully saturated rings. The summed E-state index contributed by atoms with van der Waals surface area (Å²) in [6, 6.07) is 14.3. The molecule has 0 bridgehead atoms. The van der Waals surface area contributed by atoms with E-state index in [0.29, 0.717) is 12.3 Å². The van der Waals surface area contributed by atoms with Crippen LogP contribution < -0.4 is 10.1 Å². The molecule has 0 saturated carbocycles. The highest BCUT2D eigenvalue weighted by Crippen LogP contribution is 2.27. The van der Waals surface area contributed by atoms with Gasteiger partial charge in [0.1, 0.15) is 11.6 Å². The molecule has 4 nitrogen and oxygen atoms in total. The van der Waals surface area contributed by atoms with Crippen molar-refractivity contribution in [2.24, 2.45) is 5.92 Å². The monoisotopic (exact) mass is 370 g/mol. The number of ether oxygens (including phenoxy) is 1. The molecule has 0 spiro atoms. The third-order valence-corrected chi connectivity index (χ3v) is 5.31. The molecule has 0 aliphatic carbocycles. The van der Waals surface area contributed by atoms with Gasteiger partial charge in [-0.25, -0.2) is 4.39 Å². The zero-order chi connectivity index (χ0) is 19.2. The van der Waals surface area contributed by atoms with Crippen LogP contribution in [0.2, 0.25) is 0 Å². The van der Waals surface area contributed by atoms with Crippen LogP contribution in [0.1, 0.15) is 41.7 Å². The first-order chi connectivity index (χ1) is 13.1. The molecule has 0 radical (unpaired) electrons. The normalized spacial score (nSPS) is 16.7. The number of benzene rings is 2. The van der Waals surface area contributed by atoms with Crippen LogP contribution in [0.25, 0.3) is 0 Å². The lowest BCUT2D eigenvalue weighted by Crippen LogP contribution is -2.42. The van der Waals surface area contributed by atoms with Gasteiger partial charge in [-0.2, -0.15) is 0 Å². The topological polar surface area (TPSA) is 41.6 Å². The van der Waals surface area contributed by atoms with Gasteiger partial charge in [-0.3, -0.25) is 9.69 Å². The average molecular weight is 370 g/mol. The molecule has 0 aromatic heterocycles. The number of amides is 1. The number of halogens is 1. The van der Waals surface area contributed by atoms with Crippen molar-refractivity contribution < 1.29 is 13.9 Å². The highest BCUT2D eigenvalue weighted by Gasteiger charge is 2.25. The van der Waals surface area contributed by atoms with Crippen LogP contribution >= 0.6 is 0 Å². The van der Waals surface area contributed by atoms with Crippen molar-refractivity contribution in [1.82, 2.24) is 10.2 Å². The minimum Gasteiger partial charge on any atom is -0.496 e. The molecule has 1 aliphatic rings. The predicted molar refractivity (Wildman–Crippen MR) is 104 cm³/mol. The second-order valence-corrected chi connectivity index (χ2v) is 7.20. The first-order valence-electron chi connectivity index (χ1n) is 9.49. The van der Waals surface area contributed by atoms with Gasteiger partial charge in [-0.15, -0.1) is 0 Å². The molecule has 1 saturated heterocycles. The van der Waals surface area contributed by atoms with Crippen molar-refractivity contribution in [2.75, 3.05) is 26.7 Å². The van der Waals surface area contributed by atoms with E-state index in [2.05, 4.69) is 29.3 Å². The zero-order valence-corrected chi connectivity index (χ0v) is 16.0. The summed E-state index contributed by atoms with van der Waals surface area (Å²) < 4.78 is 18.8. The van der Waals surface area contributed by atoms with Crippen molar-refractivity contribution in [3.63, 3.8) is 0 Å². The van der Waals surface area contributed by atoms with Gasteiger partial charge in [0.05, 0.1) is 18.7 Å². The molecule has 1 heterocycles. The highest BCUT2D eigenvalue weighted by atomic mass is 19.1. The Morgan fingerprint density at radius 2 is 1.93 bits per heavy atom. The number of carbonyl (C=O) groups excluding carboxylic acids is 1. The van der Waals surface area contributed by atoms with E-state index in [0.717, 1.165) is 31.8 Å². The van der Waals surface area contributed by atoms with Crippen LogP contribution in [0.3, 0.4) is 0 Å². The van der Waals surface area contributed by atoms with Crippen LogP contribution in [0.4, 0.5) is 4.39 Å². The lowest BCUT2D eigenvalue weighted by Gasteiger charge is -2.37. The smallest absolute Gasteiger partial charge is 0.255 e. The summed E-state index contributed by atoms with van der Waals surface area (Å²) in [5.74, 6) is 0.337. The number of hydrogen-bond acceptors (Lipinski definition) is 3. The molecule has 2 aromatic rings. The Labute approximate surface area is 160 Å². The van der Waals surface area contributed by atoms with E-state index in [1.165, 1.54) is 30.9 Å². The number of nitrogens with one attached hydrogen (secondary N) is 1. The summed E-state index contributed by atoms with van der Waals surface area (Å²) in [6.45, 7) is 4.78. The molecule has 5 heteroatoms. The lowest BCUT2D eigenvalue weighted by molar-refractivity contribution is 0.0909. The number of piperidine rings is 1. The van der Waals surface area contributed by atoms with Crippen molar-refractivity contribution in [3.8, 4) is 5.75 Å².